The maximum Gasteiger partial charge on any atom is 0.407 e. The van der Waals surface area contributed by atoms with Crippen molar-refractivity contribution in [2.75, 3.05) is 13.7 Å². The van der Waals surface area contributed by atoms with Gasteiger partial charge in [-0.2, -0.15) is 0 Å². The number of rotatable bonds is 5. The second-order valence-corrected chi connectivity index (χ2v) is 4.96. The smallest absolute Gasteiger partial charge is 0.407 e. The molecule has 0 saturated carbocycles. The van der Waals surface area contributed by atoms with Crippen LogP contribution >= 0.6 is 0 Å². The zero-order valence-corrected chi connectivity index (χ0v) is 11.3. The molecule has 1 unspecified atom stereocenters. The maximum absolute atomic E-state index is 11.8. The molecule has 0 aliphatic rings. The molecule has 0 rings (SSSR count). The van der Waals surface area contributed by atoms with Crippen LogP contribution in [0.15, 0.2) is 0 Å². The van der Waals surface area contributed by atoms with Crippen molar-refractivity contribution in [3.8, 4) is 0 Å². The molecule has 0 fully saturated rings. The zero-order valence-electron chi connectivity index (χ0n) is 11.3. The van der Waals surface area contributed by atoms with Gasteiger partial charge in [0.15, 0.2) is 0 Å². The van der Waals surface area contributed by atoms with Crippen LogP contribution in [0.1, 0.15) is 40.5 Å². The molecule has 100 valence electrons. The second kappa shape index (κ2) is 7.14. The monoisotopic (exact) mass is 245 g/mol. The van der Waals surface area contributed by atoms with Crippen molar-refractivity contribution in [2.45, 2.75) is 46.6 Å². The van der Waals surface area contributed by atoms with E-state index >= 15 is 0 Å². The van der Waals surface area contributed by atoms with Gasteiger partial charge in [0.25, 0.3) is 0 Å². The number of alkyl carbamates (subject to hydrolysis) is 1. The maximum atomic E-state index is 11.8. The number of esters is 1. The van der Waals surface area contributed by atoms with Crippen LogP contribution in [0.2, 0.25) is 0 Å². The lowest BCUT2D eigenvalue weighted by Crippen LogP contribution is -2.49. The summed E-state index contributed by atoms with van der Waals surface area (Å²) < 4.78 is 9.60. The lowest BCUT2D eigenvalue weighted by molar-refractivity contribution is -0.149. The molecule has 0 aromatic rings. The highest BCUT2D eigenvalue weighted by Crippen LogP contribution is 2.20. The molecule has 0 bridgehead atoms. The summed E-state index contributed by atoms with van der Waals surface area (Å²) in [6.45, 7) is 7.96. The van der Waals surface area contributed by atoms with Gasteiger partial charge < -0.3 is 14.8 Å². The minimum Gasteiger partial charge on any atom is -0.464 e. The van der Waals surface area contributed by atoms with Gasteiger partial charge in [-0.15, -0.1) is 0 Å². The first-order valence-electron chi connectivity index (χ1n) is 5.84. The quantitative estimate of drug-likeness (QED) is 0.595. The number of nitrogens with one attached hydrogen (secondary N) is 1. The average molecular weight is 245 g/mol. The van der Waals surface area contributed by atoms with Crippen molar-refractivity contribution in [3.63, 3.8) is 0 Å². The number of methoxy groups -OCH3 is 1. The number of ether oxygens (including phenoxy) is 2. The molecule has 0 spiro atoms. The van der Waals surface area contributed by atoms with E-state index in [4.69, 9.17) is 4.74 Å². The van der Waals surface area contributed by atoms with Crippen molar-refractivity contribution < 1.29 is 19.1 Å². The minimum absolute atomic E-state index is 0.380. The van der Waals surface area contributed by atoms with Gasteiger partial charge in [0.2, 0.25) is 0 Å². The van der Waals surface area contributed by atoms with Crippen LogP contribution in [-0.2, 0) is 14.3 Å². The summed E-state index contributed by atoms with van der Waals surface area (Å²) in [4.78, 5) is 23.0. The summed E-state index contributed by atoms with van der Waals surface area (Å²) in [7, 11) is 1.26. The summed E-state index contributed by atoms with van der Waals surface area (Å²) in [5.74, 6) is -0.420. The molecule has 0 aliphatic heterocycles. The Hall–Kier alpha value is -1.26. The molecule has 1 amide bonds. The highest BCUT2D eigenvalue weighted by molar-refractivity contribution is 5.82. The Morgan fingerprint density at radius 1 is 1.29 bits per heavy atom. The molecule has 0 radical (unpaired) electrons. The fraction of sp³-hybridized carbons (Fsp3) is 0.833. The molecule has 0 heterocycles. The molecule has 1 atom stereocenters. The molecule has 17 heavy (non-hydrogen) atoms. The first kappa shape index (κ1) is 15.7. The predicted molar refractivity (Wildman–Crippen MR) is 64.7 cm³/mol. The van der Waals surface area contributed by atoms with E-state index in [1.54, 1.807) is 0 Å². The van der Waals surface area contributed by atoms with Crippen LogP contribution in [0.3, 0.4) is 0 Å². The first-order valence-corrected chi connectivity index (χ1v) is 5.84. The van der Waals surface area contributed by atoms with E-state index in [-0.39, 0.29) is 0 Å². The van der Waals surface area contributed by atoms with Crippen LogP contribution in [0.25, 0.3) is 0 Å². The van der Waals surface area contributed by atoms with Crippen LogP contribution in [-0.4, -0.2) is 31.8 Å². The van der Waals surface area contributed by atoms with Crippen LogP contribution in [0.5, 0.6) is 0 Å². The van der Waals surface area contributed by atoms with E-state index in [2.05, 4.69) is 10.1 Å². The lowest BCUT2D eigenvalue weighted by Gasteiger charge is -2.28. The molecule has 5 heteroatoms. The lowest BCUT2D eigenvalue weighted by atomic mass is 9.87. The number of carbonyl (C=O) groups is 2. The average Bonchev–Trinajstić information content (AvgIpc) is 2.24. The van der Waals surface area contributed by atoms with E-state index in [0.29, 0.717) is 6.61 Å². The van der Waals surface area contributed by atoms with Gasteiger partial charge in [0.1, 0.15) is 6.04 Å². The van der Waals surface area contributed by atoms with E-state index in [9.17, 15) is 9.59 Å². The Balaban J connectivity index is 4.47. The largest absolute Gasteiger partial charge is 0.464 e. The molecule has 0 aromatic heterocycles. The van der Waals surface area contributed by atoms with Crippen molar-refractivity contribution in [1.82, 2.24) is 5.32 Å². The van der Waals surface area contributed by atoms with E-state index in [1.165, 1.54) is 7.11 Å². The van der Waals surface area contributed by atoms with E-state index < -0.39 is 23.5 Å². The first-order chi connectivity index (χ1) is 7.82. The predicted octanol–water partition coefficient (Wildman–Crippen LogP) is 2.10. The number of hydrogen-bond acceptors (Lipinski definition) is 4. The van der Waals surface area contributed by atoms with Crippen molar-refractivity contribution in [3.05, 3.63) is 0 Å². The number of carbonyl (C=O) groups excluding carboxylic acids is 2. The van der Waals surface area contributed by atoms with Crippen molar-refractivity contribution in [2.24, 2.45) is 5.41 Å². The van der Waals surface area contributed by atoms with E-state index in [0.717, 1.165) is 12.8 Å². The summed E-state index contributed by atoms with van der Waals surface area (Å²) in [6, 6.07) is -0.702. The molecule has 0 aromatic carbocycles. The number of amides is 1. The Morgan fingerprint density at radius 3 is 2.29 bits per heavy atom. The Labute approximate surface area is 103 Å². The topological polar surface area (TPSA) is 64.6 Å². The highest BCUT2D eigenvalue weighted by Gasteiger charge is 2.34. The summed E-state index contributed by atoms with van der Waals surface area (Å²) in [5, 5.41) is 2.50. The van der Waals surface area contributed by atoms with Gasteiger partial charge in [0.05, 0.1) is 13.7 Å². The third-order valence-corrected chi connectivity index (χ3v) is 2.29. The number of hydrogen-bond donors (Lipinski definition) is 1. The second-order valence-electron chi connectivity index (χ2n) is 4.96. The normalized spacial score (nSPS) is 12.8. The number of unbranched alkanes of at least 4 members (excludes halogenated alkanes) is 1. The third-order valence-electron chi connectivity index (χ3n) is 2.29. The van der Waals surface area contributed by atoms with Crippen LogP contribution < -0.4 is 5.32 Å². The Morgan fingerprint density at radius 2 is 1.88 bits per heavy atom. The molecule has 0 aliphatic carbocycles. The SMILES string of the molecule is CCCCOC(=O)C(NC(=O)OC)C(C)(C)C. The van der Waals surface area contributed by atoms with Gasteiger partial charge in [-0.05, 0) is 11.8 Å². The van der Waals surface area contributed by atoms with Crippen molar-refractivity contribution in [1.29, 1.82) is 0 Å². The summed E-state index contributed by atoms with van der Waals surface area (Å²) >= 11 is 0. The fourth-order valence-electron chi connectivity index (χ4n) is 1.21. The summed E-state index contributed by atoms with van der Waals surface area (Å²) in [5.41, 5.74) is -0.419. The Bertz CT molecular complexity index is 258. The third kappa shape index (κ3) is 6.14. The van der Waals surface area contributed by atoms with Gasteiger partial charge in [-0.25, -0.2) is 9.59 Å². The van der Waals surface area contributed by atoms with E-state index in [1.807, 2.05) is 27.7 Å². The highest BCUT2D eigenvalue weighted by atomic mass is 16.5. The minimum atomic E-state index is -0.702. The van der Waals surface area contributed by atoms with Crippen LogP contribution in [0.4, 0.5) is 4.79 Å². The fourth-order valence-corrected chi connectivity index (χ4v) is 1.21. The molecule has 1 N–H and O–H groups in total. The van der Waals surface area contributed by atoms with Gasteiger partial charge in [-0.1, -0.05) is 34.1 Å². The Kier molecular flexibility index (Phi) is 6.61. The molecule has 0 saturated heterocycles. The standard InChI is InChI=1S/C12H23NO4/c1-6-7-8-17-10(14)9(12(2,3)4)13-11(15)16-5/h9H,6-8H2,1-5H3,(H,13,15). The van der Waals surface area contributed by atoms with Gasteiger partial charge in [0, 0.05) is 0 Å². The zero-order chi connectivity index (χ0) is 13.5. The summed E-state index contributed by atoms with van der Waals surface area (Å²) in [6.07, 6.45) is 1.15. The van der Waals surface area contributed by atoms with Crippen molar-refractivity contribution >= 4 is 12.1 Å². The van der Waals surface area contributed by atoms with Gasteiger partial charge in [-0.3, -0.25) is 0 Å². The molecular weight excluding hydrogens is 222 g/mol. The van der Waals surface area contributed by atoms with Crippen LogP contribution in [0, 0.1) is 5.41 Å². The van der Waals surface area contributed by atoms with Gasteiger partial charge >= 0.3 is 12.1 Å². The molecule has 5 nitrogen and oxygen atoms in total. The molecular formula is C12H23NO4.